The van der Waals surface area contributed by atoms with Crippen LogP contribution in [0, 0.1) is 20.8 Å². The van der Waals surface area contributed by atoms with Crippen molar-refractivity contribution in [3.63, 3.8) is 0 Å². The van der Waals surface area contributed by atoms with Crippen LogP contribution in [0.4, 0.5) is 5.13 Å². The number of carbonyl (C=O) groups is 1. The lowest BCUT2D eigenvalue weighted by Gasteiger charge is -2.02. The van der Waals surface area contributed by atoms with Crippen molar-refractivity contribution in [1.82, 2.24) is 14.3 Å². The molecule has 2 aromatic heterocycles. The SMILES string of the molecule is Cc1nsc(NC(=O)c2ccc3[nH]c(C)c(C)c3c2)n1. The van der Waals surface area contributed by atoms with Crippen molar-refractivity contribution in [2.75, 3.05) is 5.32 Å². The fourth-order valence-corrected chi connectivity index (χ4v) is 2.69. The Bertz CT molecular complexity index is 803. The number of aromatic amines is 1. The van der Waals surface area contributed by atoms with Crippen LogP contribution in [0.3, 0.4) is 0 Å². The minimum Gasteiger partial charge on any atom is -0.358 e. The molecular weight excluding hydrogens is 272 g/mol. The van der Waals surface area contributed by atoms with E-state index in [2.05, 4.69) is 19.7 Å². The van der Waals surface area contributed by atoms with Crippen LogP contribution in [0.15, 0.2) is 18.2 Å². The van der Waals surface area contributed by atoms with Gasteiger partial charge in [-0.2, -0.15) is 4.37 Å². The molecule has 0 saturated heterocycles. The van der Waals surface area contributed by atoms with E-state index >= 15 is 0 Å². The lowest BCUT2D eigenvalue weighted by Crippen LogP contribution is -2.11. The largest absolute Gasteiger partial charge is 0.358 e. The van der Waals surface area contributed by atoms with Gasteiger partial charge in [0.05, 0.1) is 0 Å². The van der Waals surface area contributed by atoms with Gasteiger partial charge in [0.15, 0.2) is 0 Å². The van der Waals surface area contributed by atoms with Gasteiger partial charge >= 0.3 is 0 Å². The minimum atomic E-state index is -0.165. The summed E-state index contributed by atoms with van der Waals surface area (Å²) >= 11 is 1.18. The smallest absolute Gasteiger partial charge is 0.257 e. The maximum absolute atomic E-state index is 12.2. The normalized spacial score (nSPS) is 10.9. The van der Waals surface area contributed by atoms with Crippen LogP contribution < -0.4 is 5.32 Å². The van der Waals surface area contributed by atoms with Gasteiger partial charge in [0, 0.05) is 33.7 Å². The summed E-state index contributed by atoms with van der Waals surface area (Å²) in [7, 11) is 0. The molecule has 2 N–H and O–H groups in total. The van der Waals surface area contributed by atoms with Crippen molar-refractivity contribution < 1.29 is 4.79 Å². The van der Waals surface area contributed by atoms with Crippen LogP contribution in [-0.4, -0.2) is 20.2 Å². The predicted octanol–water partition coefficient (Wildman–Crippen LogP) is 3.20. The molecule has 20 heavy (non-hydrogen) atoms. The van der Waals surface area contributed by atoms with Crippen molar-refractivity contribution in [1.29, 1.82) is 0 Å². The summed E-state index contributed by atoms with van der Waals surface area (Å²) in [4.78, 5) is 19.6. The van der Waals surface area contributed by atoms with E-state index < -0.39 is 0 Å². The third-order valence-corrected chi connectivity index (χ3v) is 4.04. The van der Waals surface area contributed by atoms with E-state index in [1.807, 2.05) is 26.0 Å². The molecule has 5 nitrogen and oxygen atoms in total. The Balaban J connectivity index is 1.93. The highest BCUT2D eigenvalue weighted by molar-refractivity contribution is 7.09. The van der Waals surface area contributed by atoms with Gasteiger partial charge < -0.3 is 4.98 Å². The Morgan fingerprint density at radius 3 is 2.80 bits per heavy atom. The molecule has 0 spiro atoms. The van der Waals surface area contributed by atoms with Crippen molar-refractivity contribution in [2.45, 2.75) is 20.8 Å². The molecule has 0 aliphatic rings. The lowest BCUT2D eigenvalue weighted by molar-refractivity contribution is 0.102. The van der Waals surface area contributed by atoms with Gasteiger partial charge in [0.1, 0.15) is 5.82 Å². The van der Waals surface area contributed by atoms with Gasteiger partial charge in [-0.05, 0) is 44.5 Å². The van der Waals surface area contributed by atoms with Gasteiger partial charge in [0.2, 0.25) is 5.13 Å². The molecule has 3 rings (SSSR count). The molecule has 2 heterocycles. The second-order valence-electron chi connectivity index (χ2n) is 4.74. The summed E-state index contributed by atoms with van der Waals surface area (Å²) < 4.78 is 4.04. The Kier molecular flexibility index (Phi) is 3.02. The number of amides is 1. The third kappa shape index (κ3) is 2.18. The van der Waals surface area contributed by atoms with Crippen molar-refractivity contribution in [3.05, 3.63) is 40.8 Å². The summed E-state index contributed by atoms with van der Waals surface area (Å²) in [6, 6.07) is 5.63. The monoisotopic (exact) mass is 286 g/mol. The molecule has 0 aliphatic carbocycles. The molecule has 0 unspecified atom stereocenters. The quantitative estimate of drug-likeness (QED) is 0.760. The molecule has 102 valence electrons. The van der Waals surface area contributed by atoms with Gasteiger partial charge in [-0.15, -0.1) is 0 Å². The van der Waals surface area contributed by atoms with Crippen LogP contribution in [0.2, 0.25) is 0 Å². The molecule has 0 saturated carbocycles. The highest BCUT2D eigenvalue weighted by Crippen LogP contribution is 2.23. The van der Waals surface area contributed by atoms with Crippen LogP contribution in [-0.2, 0) is 0 Å². The number of rotatable bonds is 2. The number of carbonyl (C=O) groups excluding carboxylic acids is 1. The minimum absolute atomic E-state index is 0.165. The molecular formula is C14H14N4OS. The lowest BCUT2D eigenvalue weighted by atomic mass is 10.1. The van der Waals surface area contributed by atoms with Crippen molar-refractivity contribution >= 4 is 33.5 Å². The first-order valence-electron chi connectivity index (χ1n) is 6.25. The summed E-state index contributed by atoms with van der Waals surface area (Å²) in [5, 5.41) is 4.36. The topological polar surface area (TPSA) is 70.7 Å². The molecule has 6 heteroatoms. The number of benzene rings is 1. The van der Waals surface area contributed by atoms with E-state index in [9.17, 15) is 4.79 Å². The van der Waals surface area contributed by atoms with E-state index in [0.29, 0.717) is 16.5 Å². The Morgan fingerprint density at radius 2 is 2.10 bits per heavy atom. The Labute approximate surface area is 120 Å². The predicted molar refractivity (Wildman–Crippen MR) is 80.4 cm³/mol. The fraction of sp³-hybridized carbons (Fsp3) is 0.214. The first kappa shape index (κ1) is 12.8. The average Bonchev–Trinajstić information content (AvgIpc) is 2.94. The third-order valence-electron chi connectivity index (χ3n) is 3.32. The van der Waals surface area contributed by atoms with E-state index in [1.54, 1.807) is 13.0 Å². The highest BCUT2D eigenvalue weighted by atomic mass is 32.1. The zero-order valence-electron chi connectivity index (χ0n) is 11.4. The van der Waals surface area contributed by atoms with E-state index in [1.165, 1.54) is 17.1 Å². The van der Waals surface area contributed by atoms with Crippen molar-refractivity contribution in [3.8, 4) is 0 Å². The van der Waals surface area contributed by atoms with Gasteiger partial charge in [0.25, 0.3) is 5.91 Å². The van der Waals surface area contributed by atoms with E-state index in [-0.39, 0.29) is 5.91 Å². The number of nitrogens with one attached hydrogen (secondary N) is 2. The maximum Gasteiger partial charge on any atom is 0.257 e. The molecule has 0 fully saturated rings. The Morgan fingerprint density at radius 1 is 1.30 bits per heavy atom. The van der Waals surface area contributed by atoms with E-state index in [0.717, 1.165) is 16.6 Å². The molecule has 0 radical (unpaired) electrons. The standard InChI is InChI=1S/C14H14N4OS/c1-7-8(2)15-12-5-4-10(6-11(7)12)13(19)17-14-16-9(3)18-20-14/h4-6,15H,1-3H3,(H,16,17,18,19). The highest BCUT2D eigenvalue weighted by Gasteiger charge is 2.11. The first-order valence-corrected chi connectivity index (χ1v) is 7.02. The van der Waals surface area contributed by atoms with Crippen molar-refractivity contribution in [2.24, 2.45) is 0 Å². The first-order chi connectivity index (χ1) is 9.54. The number of H-pyrrole nitrogens is 1. The second-order valence-corrected chi connectivity index (χ2v) is 5.49. The van der Waals surface area contributed by atoms with Gasteiger partial charge in [-0.25, -0.2) is 4.98 Å². The number of nitrogens with zero attached hydrogens (tertiary/aromatic N) is 2. The summed E-state index contributed by atoms with van der Waals surface area (Å²) in [5.74, 6) is 0.499. The fourth-order valence-electron chi connectivity index (χ4n) is 2.12. The Hall–Kier alpha value is -2.21. The zero-order chi connectivity index (χ0) is 14.3. The van der Waals surface area contributed by atoms with Crippen LogP contribution >= 0.6 is 11.5 Å². The molecule has 1 amide bonds. The number of anilines is 1. The zero-order valence-corrected chi connectivity index (χ0v) is 12.3. The maximum atomic E-state index is 12.2. The molecule has 0 atom stereocenters. The number of hydrogen-bond donors (Lipinski definition) is 2. The number of hydrogen-bond acceptors (Lipinski definition) is 4. The average molecular weight is 286 g/mol. The molecule has 0 aliphatic heterocycles. The second kappa shape index (κ2) is 4.72. The van der Waals surface area contributed by atoms with Crippen LogP contribution in [0.5, 0.6) is 0 Å². The number of fused-ring (bicyclic) bond motifs is 1. The van der Waals surface area contributed by atoms with Crippen LogP contribution in [0.25, 0.3) is 10.9 Å². The summed E-state index contributed by atoms with van der Waals surface area (Å²) in [5.41, 5.74) is 3.95. The number of aryl methyl sites for hydroxylation is 3. The van der Waals surface area contributed by atoms with E-state index in [4.69, 9.17) is 0 Å². The molecule has 0 bridgehead atoms. The van der Waals surface area contributed by atoms with Crippen LogP contribution in [0.1, 0.15) is 27.4 Å². The molecule has 1 aromatic carbocycles. The molecule has 3 aromatic rings. The summed E-state index contributed by atoms with van der Waals surface area (Å²) in [6.07, 6.45) is 0. The summed E-state index contributed by atoms with van der Waals surface area (Å²) in [6.45, 7) is 5.87. The van der Waals surface area contributed by atoms with Gasteiger partial charge in [-0.3, -0.25) is 10.1 Å². The van der Waals surface area contributed by atoms with Gasteiger partial charge in [-0.1, -0.05) is 0 Å². The number of aromatic nitrogens is 3.